The first-order chi connectivity index (χ1) is 20.0. The van der Waals surface area contributed by atoms with Crippen molar-refractivity contribution in [2.24, 2.45) is 0 Å². The number of aromatic nitrogens is 1. The van der Waals surface area contributed by atoms with Crippen molar-refractivity contribution in [3.63, 3.8) is 0 Å². The van der Waals surface area contributed by atoms with E-state index in [4.69, 9.17) is 5.73 Å². The molecule has 2 atom stereocenters. The average molecular weight is 605 g/mol. The van der Waals surface area contributed by atoms with Gasteiger partial charge in [0.1, 0.15) is 11.4 Å². The molecule has 0 radical (unpaired) electrons. The maximum atomic E-state index is 14.3. The number of nitrogens with two attached hydrogens (primary N) is 1. The quantitative estimate of drug-likeness (QED) is 0.348. The number of rotatable bonds is 6. The number of carbonyl (C=O) groups is 1. The fourth-order valence-corrected chi connectivity index (χ4v) is 5.41. The van der Waals surface area contributed by atoms with E-state index in [1.807, 2.05) is 13.8 Å². The third-order valence-electron chi connectivity index (χ3n) is 7.82. The van der Waals surface area contributed by atoms with Crippen LogP contribution < -0.4 is 16.6 Å². The summed E-state index contributed by atoms with van der Waals surface area (Å²) in [4.78, 5) is 27.4. The molecule has 3 heterocycles. The first-order valence-corrected chi connectivity index (χ1v) is 14.3. The number of nitrogens with zero attached hydrogens (tertiary/aromatic N) is 2. The van der Waals surface area contributed by atoms with E-state index in [-0.39, 0.29) is 29.7 Å². The van der Waals surface area contributed by atoms with Crippen LogP contribution in [-0.2, 0) is 5.54 Å². The minimum Gasteiger partial charge on any atom is -0.398 e. The zero-order valence-electron chi connectivity index (χ0n) is 24.6. The predicted molar refractivity (Wildman–Crippen MR) is 152 cm³/mol. The highest BCUT2D eigenvalue weighted by Gasteiger charge is 2.53. The number of fused-ring (bicyclic) bond motifs is 1. The largest absolute Gasteiger partial charge is 0.398 e. The van der Waals surface area contributed by atoms with Crippen LogP contribution in [0.2, 0.25) is 0 Å². The van der Waals surface area contributed by atoms with E-state index in [2.05, 4.69) is 10.2 Å². The molecule has 2 aliphatic heterocycles. The number of nitrogen functional groups attached to an aromatic ring is 1. The monoisotopic (exact) mass is 604 g/mol. The number of piperidine rings is 1. The molecule has 3 aliphatic rings. The van der Waals surface area contributed by atoms with Crippen molar-refractivity contribution >= 4 is 11.6 Å². The van der Waals surface area contributed by atoms with Crippen molar-refractivity contribution in [3.8, 4) is 0 Å². The Kier molecular flexibility index (Phi) is 13.4. The molecule has 42 heavy (non-hydrogen) atoms. The van der Waals surface area contributed by atoms with Gasteiger partial charge < -0.3 is 20.5 Å². The molecular formula is C30H42F6N4O2. The third-order valence-corrected chi connectivity index (χ3v) is 7.82. The second kappa shape index (κ2) is 16.0. The number of alkyl halides is 5. The van der Waals surface area contributed by atoms with E-state index >= 15 is 0 Å². The number of nitrogens with one attached hydrogen (secondary N) is 1. The van der Waals surface area contributed by atoms with Gasteiger partial charge in [0.2, 0.25) is 0 Å². The fourth-order valence-electron chi connectivity index (χ4n) is 5.41. The molecule has 1 aliphatic carbocycles. The lowest BCUT2D eigenvalue weighted by molar-refractivity contribution is 0.0648. The van der Waals surface area contributed by atoms with Crippen LogP contribution in [0.5, 0.6) is 0 Å². The topological polar surface area (TPSA) is 80.4 Å². The molecule has 5 rings (SSSR count). The van der Waals surface area contributed by atoms with Crippen LogP contribution in [0.3, 0.4) is 0 Å². The Morgan fingerprint density at radius 2 is 1.62 bits per heavy atom. The van der Waals surface area contributed by atoms with Crippen molar-refractivity contribution in [1.29, 1.82) is 0 Å². The van der Waals surface area contributed by atoms with Gasteiger partial charge in [-0.15, -0.1) is 0 Å². The average Bonchev–Trinajstić information content (AvgIpc) is 3.65. The number of benzene rings is 1. The third kappa shape index (κ3) is 8.08. The smallest absolute Gasteiger partial charge is 0.266 e. The summed E-state index contributed by atoms with van der Waals surface area (Å²) in [5.74, 6) is -2.00. The van der Waals surface area contributed by atoms with Crippen molar-refractivity contribution in [3.05, 3.63) is 63.3 Å². The summed E-state index contributed by atoms with van der Waals surface area (Å²) >= 11 is 0. The van der Waals surface area contributed by atoms with Gasteiger partial charge in [-0.05, 0) is 58.5 Å². The Morgan fingerprint density at radius 1 is 1.02 bits per heavy atom. The number of halogens is 6. The molecule has 3 N–H and O–H groups in total. The Hall–Kier alpha value is -3.02. The number of anilines is 1. The lowest BCUT2D eigenvalue weighted by Gasteiger charge is -2.28. The first-order valence-electron chi connectivity index (χ1n) is 14.3. The number of carbonyl (C=O) groups excluding carboxylic acids is 1. The van der Waals surface area contributed by atoms with Gasteiger partial charge in [0.05, 0.1) is 30.0 Å². The number of pyridine rings is 1. The molecule has 0 bridgehead atoms. The molecule has 1 unspecified atom stereocenters. The van der Waals surface area contributed by atoms with Gasteiger partial charge in [-0.2, -0.15) is 0 Å². The number of amides is 1. The molecule has 1 amide bonds. The van der Waals surface area contributed by atoms with E-state index in [9.17, 15) is 35.9 Å². The molecular weight excluding hydrogens is 562 g/mol. The van der Waals surface area contributed by atoms with E-state index in [1.54, 1.807) is 0 Å². The Morgan fingerprint density at radius 3 is 2.19 bits per heavy atom. The molecule has 12 heteroatoms. The second-order valence-electron chi connectivity index (χ2n) is 10.3. The molecule has 0 spiro atoms. The van der Waals surface area contributed by atoms with Crippen LogP contribution in [0.25, 0.3) is 0 Å². The normalized spacial score (nSPS) is 19.3. The highest BCUT2D eigenvalue weighted by atomic mass is 19.3. The predicted octanol–water partition coefficient (Wildman–Crippen LogP) is 7.00. The summed E-state index contributed by atoms with van der Waals surface area (Å²) < 4.78 is 77.1. The summed E-state index contributed by atoms with van der Waals surface area (Å²) in [6.07, 6.45) is 2.67. The molecule has 1 saturated carbocycles. The summed E-state index contributed by atoms with van der Waals surface area (Å²) in [7, 11) is 0.500. The van der Waals surface area contributed by atoms with Gasteiger partial charge in [-0.3, -0.25) is 14.0 Å². The van der Waals surface area contributed by atoms with Crippen LogP contribution in [0.1, 0.15) is 99.7 Å². The fraction of sp³-hybridized carbons (Fsp3) is 0.600. The maximum absolute atomic E-state index is 14.3. The molecule has 1 aromatic carbocycles. The Labute approximate surface area is 243 Å². The minimum absolute atomic E-state index is 0.0809. The van der Waals surface area contributed by atoms with Gasteiger partial charge in [-0.1, -0.05) is 38.5 Å². The molecule has 2 saturated heterocycles. The van der Waals surface area contributed by atoms with E-state index in [1.165, 1.54) is 64.3 Å². The van der Waals surface area contributed by atoms with Crippen molar-refractivity contribution in [2.75, 3.05) is 26.0 Å². The van der Waals surface area contributed by atoms with Crippen LogP contribution >= 0.6 is 0 Å². The van der Waals surface area contributed by atoms with Crippen LogP contribution in [0.15, 0.2) is 35.3 Å². The highest BCUT2D eigenvalue weighted by Crippen LogP contribution is 2.47. The standard InChI is InChI=1S/C19H18F5N3O2.C8H15N.C2H6.CH3F/c1-9(10-3-2-4-11(15(10)20)16(21)22)26-17(29)12-8-27(14(28)7-13(12)25)19(5-6-19)18(23)24;1-2-6-9-7-3-5-8(9)4-1;2*1-2/h2-4,7-9,16,18H,5-6,25H2,1H3,(H,26,29);8H,1-7H2;1-2H3;1H3/t9-;;;/m1.../s1. The Bertz CT molecular complexity index is 1210. The van der Waals surface area contributed by atoms with Crippen molar-refractivity contribution < 1.29 is 31.1 Å². The SMILES string of the molecule is C1CCN2CCCC2C1.CC.CF.C[C@@H](NC(=O)c1cn(C2(C(F)F)CC2)c(=O)cc1N)c1cccc(C(F)F)c1F. The summed E-state index contributed by atoms with van der Waals surface area (Å²) in [5, 5.41) is 2.40. The lowest BCUT2D eigenvalue weighted by atomic mass is 10.0. The van der Waals surface area contributed by atoms with Crippen molar-refractivity contribution in [1.82, 2.24) is 14.8 Å². The molecule has 6 nitrogen and oxygen atoms in total. The highest BCUT2D eigenvalue weighted by molar-refractivity contribution is 5.99. The maximum Gasteiger partial charge on any atom is 0.266 e. The summed E-state index contributed by atoms with van der Waals surface area (Å²) in [6.45, 7) is 8.16. The zero-order chi connectivity index (χ0) is 31.6. The molecule has 1 aromatic heterocycles. The molecule has 2 aromatic rings. The van der Waals surface area contributed by atoms with Gasteiger partial charge in [0.15, 0.2) is 0 Å². The zero-order valence-corrected chi connectivity index (χ0v) is 24.6. The number of hydrogen-bond acceptors (Lipinski definition) is 4. The Balaban J connectivity index is 0.000000392. The van der Waals surface area contributed by atoms with Crippen LogP contribution in [-0.4, -0.2) is 48.1 Å². The van der Waals surface area contributed by atoms with Crippen LogP contribution in [0.4, 0.5) is 32.0 Å². The summed E-state index contributed by atoms with van der Waals surface area (Å²) in [6, 6.07) is 4.26. The van der Waals surface area contributed by atoms with Gasteiger partial charge in [0, 0.05) is 23.9 Å². The van der Waals surface area contributed by atoms with Gasteiger partial charge in [-0.25, -0.2) is 22.0 Å². The van der Waals surface area contributed by atoms with Gasteiger partial charge in [0.25, 0.3) is 24.3 Å². The van der Waals surface area contributed by atoms with E-state index in [0.29, 0.717) is 7.18 Å². The minimum atomic E-state index is -3.03. The number of hydrogen-bond donors (Lipinski definition) is 2. The molecule has 3 fully saturated rings. The molecule has 236 valence electrons. The van der Waals surface area contributed by atoms with Crippen LogP contribution in [0, 0.1) is 5.82 Å². The lowest BCUT2D eigenvalue weighted by Crippen LogP contribution is -2.37. The summed E-state index contributed by atoms with van der Waals surface area (Å²) in [5.41, 5.74) is 1.83. The first kappa shape index (κ1) is 35.2. The van der Waals surface area contributed by atoms with Gasteiger partial charge >= 0.3 is 0 Å². The van der Waals surface area contributed by atoms with E-state index < -0.39 is 47.3 Å². The second-order valence-corrected chi connectivity index (χ2v) is 10.3. The van der Waals surface area contributed by atoms with Crippen molar-refractivity contribution in [2.45, 2.75) is 96.2 Å². The van der Waals surface area contributed by atoms with E-state index in [0.717, 1.165) is 28.9 Å².